The molecular formula is C13H21BrClN3S. The van der Waals surface area contributed by atoms with Crippen LogP contribution in [0.5, 0.6) is 0 Å². The summed E-state index contributed by atoms with van der Waals surface area (Å²) < 4.78 is 1.79. The van der Waals surface area contributed by atoms with Crippen LogP contribution >= 0.6 is 38.9 Å². The van der Waals surface area contributed by atoms with E-state index in [2.05, 4.69) is 45.9 Å². The fraction of sp³-hybridized carbons (Fsp3) is 0.692. The highest BCUT2D eigenvalue weighted by Gasteiger charge is 2.27. The zero-order valence-electron chi connectivity index (χ0n) is 11.4. The van der Waals surface area contributed by atoms with Crippen molar-refractivity contribution in [3.63, 3.8) is 0 Å². The van der Waals surface area contributed by atoms with E-state index in [9.17, 15) is 0 Å². The molecule has 1 aromatic heterocycles. The number of hydrogen-bond donors (Lipinski definition) is 1. The number of nitrogens with zero attached hydrogens (tertiary/aromatic N) is 2. The Bertz CT molecular complexity index is 399. The van der Waals surface area contributed by atoms with Gasteiger partial charge in [0.25, 0.3) is 0 Å². The van der Waals surface area contributed by atoms with Crippen LogP contribution < -0.4 is 5.73 Å². The molecule has 0 amide bonds. The molecule has 1 fully saturated rings. The van der Waals surface area contributed by atoms with E-state index in [-0.39, 0.29) is 6.04 Å². The normalized spacial score (nSPS) is 20.1. The van der Waals surface area contributed by atoms with Crippen molar-refractivity contribution >= 4 is 38.9 Å². The van der Waals surface area contributed by atoms with Crippen LogP contribution in [0.1, 0.15) is 23.8 Å². The van der Waals surface area contributed by atoms with E-state index in [0.29, 0.717) is 12.6 Å². The van der Waals surface area contributed by atoms with E-state index in [1.54, 1.807) is 11.3 Å². The Hall–Kier alpha value is 0.350. The number of rotatable bonds is 4. The first kappa shape index (κ1) is 15.7. The van der Waals surface area contributed by atoms with E-state index >= 15 is 0 Å². The minimum absolute atomic E-state index is 0.266. The van der Waals surface area contributed by atoms with Crippen LogP contribution in [0.4, 0.5) is 0 Å². The van der Waals surface area contributed by atoms with Crippen molar-refractivity contribution in [3.05, 3.63) is 19.8 Å². The monoisotopic (exact) mass is 365 g/mol. The lowest BCUT2D eigenvalue weighted by Gasteiger charge is -2.38. The van der Waals surface area contributed by atoms with E-state index in [4.69, 9.17) is 17.3 Å². The zero-order chi connectivity index (χ0) is 14.0. The largest absolute Gasteiger partial charge is 0.329 e. The van der Waals surface area contributed by atoms with Crippen molar-refractivity contribution in [2.75, 3.05) is 33.7 Å². The van der Waals surface area contributed by atoms with Crippen molar-refractivity contribution in [2.45, 2.75) is 24.9 Å². The summed E-state index contributed by atoms with van der Waals surface area (Å²) in [6.45, 7) is 2.97. The predicted octanol–water partition coefficient (Wildman–Crippen LogP) is 3.19. The lowest BCUT2D eigenvalue weighted by molar-refractivity contribution is 0.111. The molecule has 108 valence electrons. The molecule has 1 aliphatic heterocycles. The van der Waals surface area contributed by atoms with Gasteiger partial charge in [-0.05, 0) is 62.0 Å². The van der Waals surface area contributed by atoms with Crippen molar-refractivity contribution < 1.29 is 0 Å². The molecule has 2 heterocycles. The minimum atomic E-state index is 0.266. The number of thiophene rings is 1. The van der Waals surface area contributed by atoms with Gasteiger partial charge in [0.05, 0.1) is 6.04 Å². The fourth-order valence-corrected chi connectivity index (χ4v) is 4.57. The Labute approximate surface area is 132 Å². The summed E-state index contributed by atoms with van der Waals surface area (Å²) in [4.78, 5) is 6.07. The van der Waals surface area contributed by atoms with Crippen molar-refractivity contribution in [3.8, 4) is 0 Å². The SMILES string of the molecule is CN1CCC(N(C)C(CN)c2cc(Br)c(Cl)s2)CC1. The Morgan fingerprint density at radius 2 is 2.21 bits per heavy atom. The van der Waals surface area contributed by atoms with Gasteiger partial charge in [-0.2, -0.15) is 0 Å². The van der Waals surface area contributed by atoms with E-state index in [1.807, 2.05) is 0 Å². The highest BCUT2D eigenvalue weighted by atomic mass is 79.9. The number of halogens is 2. The molecular weight excluding hydrogens is 346 g/mol. The zero-order valence-corrected chi connectivity index (χ0v) is 14.6. The smallest absolute Gasteiger partial charge is 0.107 e. The van der Waals surface area contributed by atoms with Crippen LogP contribution in [0.25, 0.3) is 0 Å². The summed E-state index contributed by atoms with van der Waals surface area (Å²) in [5.41, 5.74) is 6.00. The maximum absolute atomic E-state index is 6.15. The fourth-order valence-electron chi connectivity index (χ4n) is 2.67. The quantitative estimate of drug-likeness (QED) is 0.888. The van der Waals surface area contributed by atoms with Crippen LogP contribution in [0.3, 0.4) is 0 Å². The maximum Gasteiger partial charge on any atom is 0.107 e. The lowest BCUT2D eigenvalue weighted by atomic mass is 10.0. The molecule has 0 radical (unpaired) electrons. The van der Waals surface area contributed by atoms with Crippen LogP contribution in [0.15, 0.2) is 10.5 Å². The Kier molecular flexibility index (Phi) is 5.69. The molecule has 1 saturated heterocycles. The molecule has 0 aromatic carbocycles. The molecule has 19 heavy (non-hydrogen) atoms. The van der Waals surface area contributed by atoms with Gasteiger partial charge >= 0.3 is 0 Å². The molecule has 0 saturated carbocycles. The molecule has 1 atom stereocenters. The van der Waals surface area contributed by atoms with Gasteiger partial charge < -0.3 is 10.6 Å². The van der Waals surface area contributed by atoms with Gasteiger partial charge in [0.2, 0.25) is 0 Å². The van der Waals surface area contributed by atoms with Gasteiger partial charge in [-0.1, -0.05) is 11.6 Å². The molecule has 2 rings (SSSR count). The summed E-state index contributed by atoms with van der Waals surface area (Å²) in [5.74, 6) is 0. The second kappa shape index (κ2) is 6.87. The number of hydrogen-bond acceptors (Lipinski definition) is 4. The number of nitrogens with two attached hydrogens (primary N) is 1. The van der Waals surface area contributed by atoms with Gasteiger partial charge in [-0.15, -0.1) is 11.3 Å². The van der Waals surface area contributed by atoms with E-state index in [1.165, 1.54) is 30.8 Å². The van der Waals surface area contributed by atoms with Crippen LogP contribution in [-0.4, -0.2) is 49.6 Å². The second-order valence-corrected chi connectivity index (χ2v) is 7.76. The molecule has 1 aliphatic rings. The standard InChI is InChI=1S/C13H21BrClN3S/c1-17-5-3-9(4-6-17)18(2)11(8-16)12-7-10(14)13(15)19-12/h7,9,11H,3-6,8,16H2,1-2H3. The minimum Gasteiger partial charge on any atom is -0.329 e. The highest BCUT2D eigenvalue weighted by molar-refractivity contribution is 9.10. The van der Waals surface area contributed by atoms with Crippen molar-refractivity contribution in [2.24, 2.45) is 5.73 Å². The van der Waals surface area contributed by atoms with Gasteiger partial charge in [-0.3, -0.25) is 4.90 Å². The summed E-state index contributed by atoms with van der Waals surface area (Å²) in [7, 11) is 4.38. The Morgan fingerprint density at radius 3 is 2.68 bits per heavy atom. The Balaban J connectivity index is 2.08. The van der Waals surface area contributed by atoms with Crippen LogP contribution in [0, 0.1) is 0 Å². The summed E-state index contributed by atoms with van der Waals surface area (Å²) in [6.07, 6.45) is 2.42. The van der Waals surface area contributed by atoms with Gasteiger partial charge in [0.15, 0.2) is 0 Å². The third-order valence-corrected chi connectivity index (χ3v) is 6.55. The average molecular weight is 367 g/mol. The summed E-state index contributed by atoms with van der Waals surface area (Å²) in [6, 6.07) is 2.99. The topological polar surface area (TPSA) is 32.5 Å². The first-order chi connectivity index (χ1) is 9.02. The van der Waals surface area contributed by atoms with Crippen molar-refractivity contribution in [1.82, 2.24) is 9.80 Å². The second-order valence-electron chi connectivity index (χ2n) is 5.22. The molecule has 0 aliphatic carbocycles. The molecule has 3 nitrogen and oxygen atoms in total. The third kappa shape index (κ3) is 3.71. The summed E-state index contributed by atoms with van der Waals surface area (Å²) in [5, 5.41) is 0. The van der Waals surface area contributed by atoms with Gasteiger partial charge in [0, 0.05) is 21.9 Å². The van der Waals surface area contributed by atoms with Gasteiger partial charge in [-0.25, -0.2) is 0 Å². The van der Waals surface area contributed by atoms with Gasteiger partial charge in [0.1, 0.15) is 4.34 Å². The molecule has 1 aromatic rings. The lowest BCUT2D eigenvalue weighted by Crippen LogP contribution is -2.44. The molecule has 0 spiro atoms. The highest BCUT2D eigenvalue weighted by Crippen LogP contribution is 2.37. The average Bonchev–Trinajstić information content (AvgIpc) is 2.71. The van der Waals surface area contributed by atoms with Crippen molar-refractivity contribution in [1.29, 1.82) is 0 Å². The number of likely N-dealkylation sites (N-methyl/N-ethyl adjacent to an activating group) is 1. The maximum atomic E-state index is 6.15. The number of piperidine rings is 1. The molecule has 1 unspecified atom stereocenters. The predicted molar refractivity (Wildman–Crippen MR) is 87.1 cm³/mol. The van der Waals surface area contributed by atoms with E-state index in [0.717, 1.165) is 8.81 Å². The van der Waals surface area contributed by atoms with Crippen LogP contribution in [-0.2, 0) is 0 Å². The first-order valence-corrected chi connectivity index (χ1v) is 8.57. The molecule has 2 N–H and O–H groups in total. The summed E-state index contributed by atoms with van der Waals surface area (Å²) >= 11 is 11.3. The Morgan fingerprint density at radius 1 is 1.58 bits per heavy atom. The first-order valence-electron chi connectivity index (χ1n) is 6.58. The third-order valence-electron chi connectivity index (χ3n) is 3.97. The molecule has 0 bridgehead atoms. The van der Waals surface area contributed by atoms with E-state index < -0.39 is 0 Å². The number of likely N-dealkylation sites (tertiary alicyclic amines) is 1. The van der Waals surface area contributed by atoms with Crippen LogP contribution in [0.2, 0.25) is 4.34 Å². The molecule has 6 heteroatoms.